The molecular weight excluding hydrogens is 246 g/mol. The molecule has 3 nitrogen and oxygen atoms in total. The molecule has 1 unspecified atom stereocenters. The first-order chi connectivity index (χ1) is 9.20. The second-order valence-electron chi connectivity index (χ2n) is 7.18. The van der Waals surface area contributed by atoms with Crippen molar-refractivity contribution in [3.63, 3.8) is 0 Å². The van der Waals surface area contributed by atoms with Crippen LogP contribution < -0.4 is 10.2 Å². The van der Waals surface area contributed by atoms with Crippen molar-refractivity contribution < 1.29 is 0 Å². The van der Waals surface area contributed by atoms with Crippen LogP contribution in [0.4, 0.5) is 5.82 Å². The molecular formula is C17H31N3. The molecule has 1 aromatic rings. The Morgan fingerprint density at radius 3 is 2.45 bits per heavy atom. The Hall–Kier alpha value is -1.09. The van der Waals surface area contributed by atoms with Crippen LogP contribution in [0.15, 0.2) is 18.3 Å². The van der Waals surface area contributed by atoms with Gasteiger partial charge in [0.05, 0.1) is 0 Å². The van der Waals surface area contributed by atoms with E-state index < -0.39 is 0 Å². The highest BCUT2D eigenvalue weighted by atomic mass is 15.2. The zero-order valence-corrected chi connectivity index (χ0v) is 14.2. The van der Waals surface area contributed by atoms with E-state index in [2.05, 4.69) is 69.9 Å². The maximum Gasteiger partial charge on any atom is 0.132 e. The van der Waals surface area contributed by atoms with Crippen LogP contribution in [0.25, 0.3) is 0 Å². The Labute approximate surface area is 124 Å². The lowest BCUT2D eigenvalue weighted by molar-refractivity contribution is 0.423. The summed E-state index contributed by atoms with van der Waals surface area (Å²) < 4.78 is 0. The summed E-state index contributed by atoms with van der Waals surface area (Å²) in [7, 11) is 2.15. The van der Waals surface area contributed by atoms with Gasteiger partial charge in [0.15, 0.2) is 0 Å². The quantitative estimate of drug-likeness (QED) is 0.856. The third kappa shape index (κ3) is 5.49. The molecule has 1 aromatic heterocycles. The van der Waals surface area contributed by atoms with E-state index in [0.717, 1.165) is 12.4 Å². The van der Waals surface area contributed by atoms with Gasteiger partial charge in [0.2, 0.25) is 0 Å². The second-order valence-corrected chi connectivity index (χ2v) is 7.18. The summed E-state index contributed by atoms with van der Waals surface area (Å²) in [6.45, 7) is 14.2. The summed E-state index contributed by atoms with van der Waals surface area (Å²) in [6, 6.07) is 4.68. The molecule has 0 saturated carbocycles. The van der Waals surface area contributed by atoms with E-state index in [1.807, 2.05) is 12.3 Å². The van der Waals surface area contributed by atoms with Crippen molar-refractivity contribution in [1.82, 2.24) is 10.3 Å². The van der Waals surface area contributed by atoms with Gasteiger partial charge in [0.1, 0.15) is 5.82 Å². The first-order valence-corrected chi connectivity index (χ1v) is 7.62. The third-order valence-corrected chi connectivity index (χ3v) is 3.48. The number of hydrogen-bond acceptors (Lipinski definition) is 3. The minimum absolute atomic E-state index is 0.120. The lowest BCUT2D eigenvalue weighted by atomic mass is 10.0. The summed E-state index contributed by atoms with van der Waals surface area (Å²) >= 11 is 0. The largest absolute Gasteiger partial charge is 0.357 e. The van der Waals surface area contributed by atoms with Crippen LogP contribution in [-0.2, 0) is 6.54 Å². The number of hydrogen-bond donors (Lipinski definition) is 1. The molecule has 1 heterocycles. The van der Waals surface area contributed by atoms with Crippen LogP contribution in [0, 0.1) is 5.92 Å². The Kier molecular flexibility index (Phi) is 6.00. The monoisotopic (exact) mass is 277 g/mol. The fourth-order valence-corrected chi connectivity index (χ4v) is 2.30. The molecule has 0 saturated heterocycles. The number of nitrogens with one attached hydrogen (secondary N) is 1. The average molecular weight is 277 g/mol. The first-order valence-electron chi connectivity index (χ1n) is 7.62. The zero-order valence-electron chi connectivity index (χ0n) is 14.2. The fourth-order valence-electron chi connectivity index (χ4n) is 2.30. The molecule has 0 fully saturated rings. The predicted octanol–water partition coefficient (Wildman–Crippen LogP) is 3.84. The SMILES string of the molecule is CC(C)CC(C)N(C)c1ncccc1CNC(C)(C)C. The molecule has 114 valence electrons. The third-order valence-electron chi connectivity index (χ3n) is 3.48. The normalized spacial score (nSPS) is 13.6. The average Bonchev–Trinajstić information content (AvgIpc) is 2.34. The number of nitrogens with zero attached hydrogens (tertiary/aromatic N) is 2. The highest BCUT2D eigenvalue weighted by Gasteiger charge is 2.17. The Balaban J connectivity index is 2.83. The van der Waals surface area contributed by atoms with Gasteiger partial charge in [-0.05, 0) is 46.1 Å². The van der Waals surface area contributed by atoms with Gasteiger partial charge in [0, 0.05) is 36.9 Å². The Morgan fingerprint density at radius 2 is 1.90 bits per heavy atom. The number of pyridine rings is 1. The van der Waals surface area contributed by atoms with E-state index in [1.165, 1.54) is 12.0 Å². The molecule has 0 aliphatic heterocycles. The van der Waals surface area contributed by atoms with E-state index in [9.17, 15) is 0 Å². The Bertz CT molecular complexity index is 407. The van der Waals surface area contributed by atoms with Crippen LogP contribution in [0.2, 0.25) is 0 Å². The van der Waals surface area contributed by atoms with Crippen LogP contribution in [-0.4, -0.2) is 23.6 Å². The summed E-state index contributed by atoms with van der Waals surface area (Å²) in [5, 5.41) is 3.55. The van der Waals surface area contributed by atoms with Gasteiger partial charge in [0.25, 0.3) is 0 Å². The zero-order chi connectivity index (χ0) is 15.3. The van der Waals surface area contributed by atoms with Gasteiger partial charge in [-0.3, -0.25) is 0 Å². The van der Waals surface area contributed by atoms with Gasteiger partial charge in [-0.2, -0.15) is 0 Å². The minimum Gasteiger partial charge on any atom is -0.357 e. The summed E-state index contributed by atoms with van der Waals surface area (Å²) in [5.74, 6) is 1.80. The molecule has 0 bridgehead atoms. The van der Waals surface area contributed by atoms with E-state index in [-0.39, 0.29) is 5.54 Å². The molecule has 0 aliphatic rings. The lowest BCUT2D eigenvalue weighted by Gasteiger charge is -2.30. The van der Waals surface area contributed by atoms with Gasteiger partial charge >= 0.3 is 0 Å². The fraction of sp³-hybridized carbons (Fsp3) is 0.706. The molecule has 0 aliphatic carbocycles. The van der Waals surface area contributed by atoms with Crippen molar-refractivity contribution in [3.8, 4) is 0 Å². The van der Waals surface area contributed by atoms with Crippen molar-refractivity contribution >= 4 is 5.82 Å². The van der Waals surface area contributed by atoms with E-state index in [1.54, 1.807) is 0 Å². The number of rotatable bonds is 6. The van der Waals surface area contributed by atoms with Crippen LogP contribution in [0.3, 0.4) is 0 Å². The molecule has 1 N–H and O–H groups in total. The molecule has 1 rings (SSSR count). The molecule has 0 radical (unpaired) electrons. The molecule has 3 heteroatoms. The summed E-state index contributed by atoms with van der Waals surface area (Å²) in [6.07, 6.45) is 3.06. The predicted molar refractivity (Wildman–Crippen MR) is 88.1 cm³/mol. The highest BCUT2D eigenvalue weighted by molar-refractivity contribution is 5.46. The van der Waals surface area contributed by atoms with E-state index >= 15 is 0 Å². The lowest BCUT2D eigenvalue weighted by Crippen LogP contribution is -2.36. The minimum atomic E-state index is 0.120. The van der Waals surface area contributed by atoms with Crippen molar-refractivity contribution in [1.29, 1.82) is 0 Å². The van der Waals surface area contributed by atoms with E-state index in [0.29, 0.717) is 12.0 Å². The summed E-state index contributed by atoms with van der Waals surface area (Å²) in [4.78, 5) is 6.90. The molecule has 0 amide bonds. The van der Waals surface area contributed by atoms with Crippen molar-refractivity contribution in [3.05, 3.63) is 23.9 Å². The number of aromatic nitrogens is 1. The van der Waals surface area contributed by atoms with Gasteiger partial charge < -0.3 is 10.2 Å². The van der Waals surface area contributed by atoms with Crippen molar-refractivity contribution in [2.75, 3.05) is 11.9 Å². The second kappa shape index (κ2) is 7.07. The van der Waals surface area contributed by atoms with Gasteiger partial charge in [-0.15, -0.1) is 0 Å². The first kappa shape index (κ1) is 17.0. The van der Waals surface area contributed by atoms with E-state index in [4.69, 9.17) is 0 Å². The molecule has 0 spiro atoms. The maximum absolute atomic E-state index is 4.59. The van der Waals surface area contributed by atoms with Crippen molar-refractivity contribution in [2.45, 2.75) is 66.1 Å². The standard InChI is InChI=1S/C17H31N3/c1-13(2)11-14(3)20(7)16-15(9-8-10-18-16)12-19-17(4,5)6/h8-10,13-14,19H,11-12H2,1-7H3. The summed E-state index contributed by atoms with van der Waals surface area (Å²) in [5.41, 5.74) is 1.38. The van der Waals surface area contributed by atoms with Crippen LogP contribution in [0.5, 0.6) is 0 Å². The van der Waals surface area contributed by atoms with Crippen LogP contribution in [0.1, 0.15) is 53.5 Å². The van der Waals surface area contributed by atoms with Crippen LogP contribution >= 0.6 is 0 Å². The molecule has 20 heavy (non-hydrogen) atoms. The smallest absolute Gasteiger partial charge is 0.132 e. The maximum atomic E-state index is 4.59. The molecule has 0 aromatic carbocycles. The van der Waals surface area contributed by atoms with Crippen molar-refractivity contribution in [2.24, 2.45) is 5.92 Å². The topological polar surface area (TPSA) is 28.2 Å². The van der Waals surface area contributed by atoms with Gasteiger partial charge in [-0.1, -0.05) is 19.9 Å². The highest BCUT2D eigenvalue weighted by Crippen LogP contribution is 2.21. The molecule has 1 atom stereocenters. The van der Waals surface area contributed by atoms with Gasteiger partial charge in [-0.25, -0.2) is 4.98 Å². The number of anilines is 1. The Morgan fingerprint density at radius 1 is 1.25 bits per heavy atom.